The number of anilines is 2. The normalized spacial score (nSPS) is 16.9. The molecule has 1 atom stereocenters. The van der Waals surface area contributed by atoms with Gasteiger partial charge in [0.1, 0.15) is 12.3 Å². The van der Waals surface area contributed by atoms with Crippen molar-refractivity contribution < 1.29 is 27.7 Å². The number of amides is 1. The Kier molecular flexibility index (Phi) is 13.3. The number of esters is 1. The number of nitro benzene ring substituents is 1. The molecule has 7 rings (SSSR count). The number of piperazine rings is 1. The van der Waals surface area contributed by atoms with Crippen LogP contribution < -0.4 is 14.9 Å². The number of thioether (sulfide) groups is 1. The lowest BCUT2D eigenvalue weighted by Crippen LogP contribution is -2.46. The standard InChI is InChI=1S/C44H46N6O7S2/c1-47-21-20-35(31-58-37-13-6-3-7-14-37)45-42-40(44(52)57-27-26-47)28-38(29-41(42)50(53)54)59(55,56)46-43(51)33-16-18-36(19-17-33)49-24-22-48(23-25-49)30-34-12-8-9-15-39(34)32-10-4-2-5-11-32/h2-19,28-29,35,45H,20-27,30-31H2,1H3,(H,46,51)/t35-/m1/s1. The van der Waals surface area contributed by atoms with Gasteiger partial charge in [0, 0.05) is 73.3 Å². The maximum atomic E-state index is 13.7. The maximum absolute atomic E-state index is 13.7. The zero-order valence-corrected chi connectivity index (χ0v) is 34.3. The van der Waals surface area contributed by atoms with E-state index in [2.05, 4.69) is 51.5 Å². The van der Waals surface area contributed by atoms with Crippen LogP contribution in [0.15, 0.2) is 131 Å². The number of benzene rings is 5. The van der Waals surface area contributed by atoms with E-state index < -0.39 is 37.4 Å². The van der Waals surface area contributed by atoms with Crippen molar-refractivity contribution in [2.24, 2.45) is 0 Å². The van der Waals surface area contributed by atoms with E-state index in [4.69, 9.17) is 4.74 Å². The van der Waals surface area contributed by atoms with Gasteiger partial charge in [-0.2, -0.15) is 0 Å². The van der Waals surface area contributed by atoms with E-state index in [1.807, 2.05) is 65.2 Å². The monoisotopic (exact) mass is 834 g/mol. The second kappa shape index (κ2) is 18.9. The van der Waals surface area contributed by atoms with E-state index in [1.165, 1.54) is 16.7 Å². The Bertz CT molecular complexity index is 2380. The number of nitro groups is 1. The van der Waals surface area contributed by atoms with Crippen molar-refractivity contribution in [3.63, 3.8) is 0 Å². The summed E-state index contributed by atoms with van der Waals surface area (Å²) in [5.41, 5.74) is 3.58. The fourth-order valence-corrected chi connectivity index (χ4v) is 9.23. The molecular weight excluding hydrogens is 789 g/mol. The first-order valence-electron chi connectivity index (χ1n) is 19.4. The average molecular weight is 835 g/mol. The number of nitrogens with one attached hydrogen (secondary N) is 2. The van der Waals surface area contributed by atoms with Crippen LogP contribution in [0.1, 0.15) is 32.7 Å². The molecule has 1 fully saturated rings. The number of ether oxygens (including phenoxy) is 1. The molecule has 0 spiro atoms. The number of hydrogen-bond donors (Lipinski definition) is 2. The lowest BCUT2D eigenvalue weighted by Gasteiger charge is -2.36. The number of carbonyl (C=O) groups is 2. The molecule has 5 aromatic rings. The molecule has 0 saturated carbocycles. The van der Waals surface area contributed by atoms with Crippen molar-refractivity contribution in [1.29, 1.82) is 0 Å². The van der Waals surface area contributed by atoms with Crippen LogP contribution in [0.5, 0.6) is 0 Å². The summed E-state index contributed by atoms with van der Waals surface area (Å²) in [5.74, 6) is -1.32. The van der Waals surface area contributed by atoms with Crippen LogP contribution in [0.4, 0.5) is 17.1 Å². The van der Waals surface area contributed by atoms with Gasteiger partial charge >= 0.3 is 5.97 Å². The SMILES string of the molecule is CN1CCOC(=O)c2cc(S(=O)(=O)NC(=O)c3ccc(N4CCN(Cc5ccccc5-c5ccccc5)CC4)cc3)cc([N+](=O)[O-])c2N[C@@H](CSc2ccccc2)CC1. The quantitative estimate of drug-likeness (QED) is 0.0625. The predicted molar refractivity (Wildman–Crippen MR) is 231 cm³/mol. The number of carbonyl (C=O) groups excluding carboxylic acids is 2. The first-order chi connectivity index (χ1) is 28.5. The van der Waals surface area contributed by atoms with Gasteiger partial charge in [-0.3, -0.25) is 19.8 Å². The van der Waals surface area contributed by atoms with Gasteiger partial charge in [0.15, 0.2) is 0 Å². The van der Waals surface area contributed by atoms with Gasteiger partial charge in [0.05, 0.1) is 15.4 Å². The average Bonchev–Trinajstić information content (AvgIpc) is 3.27. The molecule has 13 nitrogen and oxygen atoms in total. The molecule has 0 bridgehead atoms. The lowest BCUT2D eigenvalue weighted by molar-refractivity contribution is -0.384. The molecule has 2 aliphatic heterocycles. The smallest absolute Gasteiger partial charge is 0.340 e. The summed E-state index contributed by atoms with van der Waals surface area (Å²) in [6.07, 6.45) is 0.580. The van der Waals surface area contributed by atoms with Crippen LogP contribution in [-0.4, -0.2) is 99.7 Å². The maximum Gasteiger partial charge on any atom is 0.340 e. The molecule has 59 heavy (non-hydrogen) atoms. The number of hydrogen-bond acceptors (Lipinski definition) is 12. The molecule has 306 valence electrons. The third-order valence-corrected chi connectivity index (χ3v) is 13.0. The van der Waals surface area contributed by atoms with Crippen LogP contribution in [0.2, 0.25) is 0 Å². The largest absolute Gasteiger partial charge is 0.461 e. The zero-order chi connectivity index (χ0) is 41.4. The zero-order valence-electron chi connectivity index (χ0n) is 32.7. The molecule has 2 N–H and O–H groups in total. The summed E-state index contributed by atoms with van der Waals surface area (Å²) in [4.78, 5) is 45.6. The van der Waals surface area contributed by atoms with Crippen LogP contribution >= 0.6 is 11.8 Å². The number of sulfonamides is 1. The van der Waals surface area contributed by atoms with Gasteiger partial charge in [0.25, 0.3) is 21.6 Å². The number of rotatable bonds is 11. The summed E-state index contributed by atoms with van der Waals surface area (Å²) < 4.78 is 34.9. The summed E-state index contributed by atoms with van der Waals surface area (Å²) in [6.45, 7) is 5.06. The minimum atomic E-state index is -4.69. The topological polar surface area (TPSA) is 154 Å². The van der Waals surface area contributed by atoms with E-state index >= 15 is 0 Å². The van der Waals surface area contributed by atoms with Crippen LogP contribution in [0.25, 0.3) is 11.1 Å². The third kappa shape index (κ3) is 10.5. The molecule has 15 heteroatoms. The van der Waals surface area contributed by atoms with Crippen molar-refractivity contribution in [3.8, 4) is 11.1 Å². The second-order valence-electron chi connectivity index (χ2n) is 14.6. The Morgan fingerprint density at radius 1 is 0.864 bits per heavy atom. The van der Waals surface area contributed by atoms with Crippen molar-refractivity contribution in [3.05, 3.63) is 148 Å². The fraction of sp³-hybridized carbons (Fsp3) is 0.273. The second-order valence-corrected chi connectivity index (χ2v) is 17.4. The molecule has 0 aromatic heterocycles. The van der Waals surface area contributed by atoms with Crippen molar-refractivity contribution >= 4 is 50.7 Å². The van der Waals surface area contributed by atoms with Crippen molar-refractivity contribution in [2.75, 3.05) is 68.9 Å². The van der Waals surface area contributed by atoms with Gasteiger partial charge in [0.2, 0.25) is 0 Å². The Balaban J connectivity index is 1.03. The third-order valence-electron chi connectivity index (χ3n) is 10.5. The molecule has 1 amide bonds. The predicted octanol–water partition coefficient (Wildman–Crippen LogP) is 6.77. The highest BCUT2D eigenvalue weighted by Gasteiger charge is 2.32. The molecule has 0 aliphatic carbocycles. The molecule has 0 radical (unpaired) electrons. The Labute approximate surface area is 348 Å². The molecule has 5 aromatic carbocycles. The molecule has 2 heterocycles. The highest BCUT2D eigenvalue weighted by Crippen LogP contribution is 2.35. The van der Waals surface area contributed by atoms with Gasteiger partial charge in [-0.25, -0.2) is 17.9 Å². The van der Waals surface area contributed by atoms with Gasteiger partial charge in [-0.1, -0.05) is 72.8 Å². The summed E-state index contributed by atoms with van der Waals surface area (Å²) >= 11 is 1.56. The van der Waals surface area contributed by atoms with E-state index in [0.717, 1.165) is 55.4 Å². The Hall–Kier alpha value is -5.74. The van der Waals surface area contributed by atoms with Gasteiger partial charge < -0.3 is 19.9 Å². The molecule has 1 saturated heterocycles. The molecule has 2 aliphatic rings. The van der Waals surface area contributed by atoms with Crippen LogP contribution in [0.3, 0.4) is 0 Å². The first kappa shape index (κ1) is 41.4. The highest BCUT2D eigenvalue weighted by molar-refractivity contribution is 7.99. The minimum absolute atomic E-state index is 0.00528. The lowest BCUT2D eigenvalue weighted by atomic mass is 9.99. The highest BCUT2D eigenvalue weighted by atomic mass is 32.2. The summed E-state index contributed by atoms with van der Waals surface area (Å²) in [5, 5.41) is 15.7. The van der Waals surface area contributed by atoms with Crippen LogP contribution in [0, 0.1) is 10.1 Å². The van der Waals surface area contributed by atoms with Crippen molar-refractivity contribution in [1.82, 2.24) is 14.5 Å². The number of nitrogens with zero attached hydrogens (tertiary/aromatic N) is 4. The summed E-state index contributed by atoms with van der Waals surface area (Å²) in [7, 11) is -2.80. The Morgan fingerprint density at radius 2 is 1.54 bits per heavy atom. The van der Waals surface area contributed by atoms with Gasteiger partial charge in [-0.15, -0.1) is 11.8 Å². The van der Waals surface area contributed by atoms with E-state index in [1.54, 1.807) is 36.0 Å². The summed E-state index contributed by atoms with van der Waals surface area (Å²) in [6, 6.07) is 36.7. The number of cyclic esters (lactones) is 1. The van der Waals surface area contributed by atoms with Crippen molar-refractivity contribution in [2.45, 2.75) is 28.8 Å². The van der Waals surface area contributed by atoms with E-state index in [9.17, 15) is 28.1 Å². The first-order valence-corrected chi connectivity index (χ1v) is 21.9. The van der Waals surface area contributed by atoms with Crippen LogP contribution in [-0.2, 0) is 21.3 Å². The minimum Gasteiger partial charge on any atom is -0.461 e. The Morgan fingerprint density at radius 3 is 2.25 bits per heavy atom. The number of likely N-dealkylation sites (N-methyl/N-ethyl adjacent to an activating group) is 1. The van der Waals surface area contributed by atoms with E-state index in [0.29, 0.717) is 25.3 Å². The van der Waals surface area contributed by atoms with Gasteiger partial charge in [-0.05, 0) is 79.2 Å². The molecule has 0 unspecified atom stereocenters. The number of fused-ring (bicyclic) bond motifs is 1. The fourth-order valence-electron chi connectivity index (χ4n) is 7.21. The van der Waals surface area contributed by atoms with E-state index in [-0.39, 0.29) is 29.5 Å². The molecular formula is C44H46N6O7S2.